The van der Waals surface area contributed by atoms with Gasteiger partial charge in [-0.1, -0.05) is 23.7 Å². The normalized spacial score (nSPS) is 11.2. The topological polar surface area (TPSA) is 30.7 Å². The third-order valence-electron chi connectivity index (χ3n) is 3.15. The molecule has 0 aliphatic rings. The molecule has 0 saturated heterocycles. The molecular formula is C15H13Cl2N3. The van der Waals surface area contributed by atoms with E-state index in [4.69, 9.17) is 23.2 Å². The average Bonchev–Trinajstić information content (AvgIpc) is 2.76. The van der Waals surface area contributed by atoms with Gasteiger partial charge in [0, 0.05) is 11.2 Å². The quantitative estimate of drug-likeness (QED) is 0.680. The van der Waals surface area contributed by atoms with E-state index in [2.05, 4.69) is 9.97 Å². The van der Waals surface area contributed by atoms with Crippen LogP contribution in [0.15, 0.2) is 36.5 Å². The molecule has 3 rings (SSSR count). The van der Waals surface area contributed by atoms with E-state index in [0.29, 0.717) is 12.4 Å². The predicted molar refractivity (Wildman–Crippen MR) is 82.4 cm³/mol. The predicted octanol–water partition coefficient (Wildman–Crippen LogP) is 4.18. The van der Waals surface area contributed by atoms with Gasteiger partial charge in [-0.25, -0.2) is 9.97 Å². The number of fused-ring (bicyclic) bond motifs is 1. The van der Waals surface area contributed by atoms with Crippen molar-refractivity contribution >= 4 is 34.4 Å². The maximum Gasteiger partial charge on any atom is 0.160 e. The molecule has 3 aromatic rings. The monoisotopic (exact) mass is 305 g/mol. The van der Waals surface area contributed by atoms with Crippen LogP contribution in [0, 0.1) is 6.92 Å². The van der Waals surface area contributed by atoms with Gasteiger partial charge < -0.3 is 4.57 Å². The fraction of sp³-hybridized carbons (Fsp3) is 0.200. The zero-order valence-corrected chi connectivity index (χ0v) is 12.5. The summed E-state index contributed by atoms with van der Waals surface area (Å²) in [5, 5.41) is 0.725. The minimum Gasteiger partial charge on any atom is -0.307 e. The van der Waals surface area contributed by atoms with Crippen molar-refractivity contribution in [3.05, 3.63) is 58.5 Å². The summed E-state index contributed by atoms with van der Waals surface area (Å²) in [5.74, 6) is 1.18. The fourth-order valence-corrected chi connectivity index (χ4v) is 2.66. The first-order chi connectivity index (χ1) is 9.67. The smallest absolute Gasteiger partial charge is 0.160 e. The highest BCUT2D eigenvalue weighted by Crippen LogP contribution is 2.19. The highest BCUT2D eigenvalue weighted by Gasteiger charge is 2.11. The van der Waals surface area contributed by atoms with Gasteiger partial charge in [-0.15, -0.1) is 11.6 Å². The van der Waals surface area contributed by atoms with Crippen molar-refractivity contribution in [3.8, 4) is 0 Å². The Morgan fingerprint density at radius 1 is 1.25 bits per heavy atom. The summed E-state index contributed by atoms with van der Waals surface area (Å²) in [4.78, 5) is 9.02. The number of pyridine rings is 1. The van der Waals surface area contributed by atoms with E-state index in [0.717, 1.165) is 33.1 Å². The Hall–Kier alpha value is -1.58. The number of nitrogens with zero attached hydrogens (tertiary/aromatic N) is 3. The number of halogens is 2. The molecule has 0 aliphatic heterocycles. The third kappa shape index (κ3) is 2.51. The minimum atomic E-state index is 0.357. The van der Waals surface area contributed by atoms with Gasteiger partial charge in [-0.2, -0.15) is 0 Å². The lowest BCUT2D eigenvalue weighted by Gasteiger charge is -2.07. The molecule has 0 fully saturated rings. The lowest BCUT2D eigenvalue weighted by atomic mass is 10.2. The summed E-state index contributed by atoms with van der Waals surface area (Å²) < 4.78 is 2.04. The highest BCUT2D eigenvalue weighted by molar-refractivity contribution is 6.30. The summed E-state index contributed by atoms with van der Waals surface area (Å²) in [5.41, 5.74) is 3.92. The number of imidazole rings is 1. The summed E-state index contributed by atoms with van der Waals surface area (Å²) in [6.45, 7) is 2.66. The number of rotatable bonds is 3. The molecular weight excluding hydrogens is 293 g/mol. The van der Waals surface area contributed by atoms with E-state index in [1.165, 1.54) is 0 Å². The van der Waals surface area contributed by atoms with Crippen LogP contribution in [0.2, 0.25) is 5.02 Å². The summed E-state index contributed by atoms with van der Waals surface area (Å²) >= 11 is 12.0. The van der Waals surface area contributed by atoms with Gasteiger partial charge in [0.25, 0.3) is 0 Å². The van der Waals surface area contributed by atoms with Crippen molar-refractivity contribution in [1.82, 2.24) is 14.5 Å². The zero-order chi connectivity index (χ0) is 14.1. The highest BCUT2D eigenvalue weighted by atomic mass is 35.5. The SMILES string of the molecule is Cc1cnc2c(c1)nc(CCl)n2Cc1cccc(Cl)c1. The van der Waals surface area contributed by atoms with Crippen LogP contribution in [-0.4, -0.2) is 14.5 Å². The lowest BCUT2D eigenvalue weighted by molar-refractivity contribution is 0.770. The van der Waals surface area contributed by atoms with Gasteiger partial charge in [0.2, 0.25) is 0 Å². The van der Waals surface area contributed by atoms with Crippen LogP contribution < -0.4 is 0 Å². The van der Waals surface area contributed by atoms with Crippen molar-refractivity contribution in [2.45, 2.75) is 19.3 Å². The molecule has 1 aromatic carbocycles. The molecule has 0 saturated carbocycles. The Bertz CT molecular complexity index is 765. The molecule has 0 radical (unpaired) electrons. The first-order valence-corrected chi connectivity index (χ1v) is 7.21. The van der Waals surface area contributed by atoms with Crippen molar-refractivity contribution < 1.29 is 0 Å². The second-order valence-electron chi connectivity index (χ2n) is 4.73. The van der Waals surface area contributed by atoms with E-state index in [9.17, 15) is 0 Å². The van der Waals surface area contributed by atoms with Gasteiger partial charge in [-0.3, -0.25) is 0 Å². The Labute approximate surface area is 127 Å². The van der Waals surface area contributed by atoms with Crippen LogP contribution in [-0.2, 0) is 12.4 Å². The van der Waals surface area contributed by atoms with Gasteiger partial charge in [0.05, 0.1) is 12.4 Å². The molecule has 0 bridgehead atoms. The molecule has 5 heteroatoms. The Morgan fingerprint density at radius 2 is 2.10 bits per heavy atom. The van der Waals surface area contributed by atoms with Gasteiger partial charge >= 0.3 is 0 Å². The van der Waals surface area contributed by atoms with Crippen LogP contribution in [0.4, 0.5) is 0 Å². The molecule has 102 valence electrons. The van der Waals surface area contributed by atoms with E-state index >= 15 is 0 Å². The second-order valence-corrected chi connectivity index (χ2v) is 5.44. The fourth-order valence-electron chi connectivity index (χ4n) is 2.24. The molecule has 0 atom stereocenters. The standard InChI is InChI=1S/C15H13Cl2N3/c1-10-5-13-15(18-8-10)20(14(7-16)19-13)9-11-3-2-4-12(17)6-11/h2-6,8H,7,9H2,1H3. The second kappa shape index (κ2) is 5.43. The molecule has 3 nitrogen and oxygen atoms in total. The Balaban J connectivity index is 2.10. The maximum absolute atomic E-state index is 6.03. The first-order valence-electron chi connectivity index (χ1n) is 6.29. The Morgan fingerprint density at radius 3 is 2.85 bits per heavy atom. The molecule has 0 aliphatic carbocycles. The summed E-state index contributed by atoms with van der Waals surface area (Å²) in [6, 6.07) is 9.80. The Kier molecular flexibility index (Phi) is 3.64. The number of alkyl halides is 1. The third-order valence-corrected chi connectivity index (χ3v) is 3.62. The van der Waals surface area contributed by atoms with E-state index in [-0.39, 0.29) is 0 Å². The van der Waals surface area contributed by atoms with Crippen LogP contribution in [0.1, 0.15) is 17.0 Å². The molecule has 20 heavy (non-hydrogen) atoms. The minimum absolute atomic E-state index is 0.357. The van der Waals surface area contributed by atoms with Crippen molar-refractivity contribution in [1.29, 1.82) is 0 Å². The lowest BCUT2D eigenvalue weighted by Crippen LogP contribution is -2.04. The van der Waals surface area contributed by atoms with Crippen LogP contribution in [0.3, 0.4) is 0 Å². The van der Waals surface area contributed by atoms with E-state index < -0.39 is 0 Å². The molecule has 2 aromatic heterocycles. The van der Waals surface area contributed by atoms with Crippen molar-refractivity contribution in [2.75, 3.05) is 0 Å². The molecule has 0 amide bonds. The molecule has 2 heterocycles. The maximum atomic E-state index is 6.03. The molecule has 0 unspecified atom stereocenters. The van der Waals surface area contributed by atoms with E-state index in [1.807, 2.05) is 48.0 Å². The summed E-state index contributed by atoms with van der Waals surface area (Å²) in [6.07, 6.45) is 1.84. The van der Waals surface area contributed by atoms with E-state index in [1.54, 1.807) is 0 Å². The van der Waals surface area contributed by atoms with Crippen LogP contribution in [0.25, 0.3) is 11.2 Å². The first kappa shape index (κ1) is 13.4. The number of aryl methyl sites for hydroxylation is 1. The van der Waals surface area contributed by atoms with Crippen molar-refractivity contribution in [3.63, 3.8) is 0 Å². The number of aromatic nitrogens is 3. The number of hydrogen-bond donors (Lipinski definition) is 0. The van der Waals surface area contributed by atoms with Gasteiger partial charge in [-0.05, 0) is 36.2 Å². The van der Waals surface area contributed by atoms with Gasteiger partial charge in [0.1, 0.15) is 11.3 Å². The summed E-state index contributed by atoms with van der Waals surface area (Å²) in [7, 11) is 0. The molecule has 0 N–H and O–H groups in total. The van der Waals surface area contributed by atoms with Gasteiger partial charge in [0.15, 0.2) is 5.65 Å². The molecule has 0 spiro atoms. The zero-order valence-electron chi connectivity index (χ0n) is 11.0. The number of benzene rings is 1. The van der Waals surface area contributed by atoms with Crippen LogP contribution >= 0.6 is 23.2 Å². The number of hydrogen-bond acceptors (Lipinski definition) is 2. The van der Waals surface area contributed by atoms with Crippen molar-refractivity contribution in [2.24, 2.45) is 0 Å². The average molecular weight is 306 g/mol. The largest absolute Gasteiger partial charge is 0.307 e. The van der Waals surface area contributed by atoms with Crippen LogP contribution in [0.5, 0.6) is 0 Å².